The second-order valence-electron chi connectivity index (χ2n) is 3.23. The van der Waals surface area contributed by atoms with Gasteiger partial charge in [-0.2, -0.15) is 4.21 Å². The zero-order valence-corrected chi connectivity index (χ0v) is 9.97. The summed E-state index contributed by atoms with van der Waals surface area (Å²) in [6.45, 7) is 7.95. The van der Waals surface area contributed by atoms with Crippen LogP contribution in [0.4, 0.5) is 0 Å². The number of rotatable bonds is 9. The van der Waals surface area contributed by atoms with Gasteiger partial charge in [-0.25, -0.2) is 0 Å². The van der Waals surface area contributed by atoms with Crippen LogP contribution >= 0.6 is 0 Å². The Morgan fingerprint density at radius 2 is 1.79 bits per heavy atom. The molecule has 0 aromatic rings. The van der Waals surface area contributed by atoms with E-state index in [9.17, 15) is 4.21 Å². The molecule has 0 fully saturated rings. The van der Waals surface area contributed by atoms with E-state index < -0.39 is 11.4 Å². The van der Waals surface area contributed by atoms with Crippen molar-refractivity contribution < 1.29 is 17.3 Å². The average molecular weight is 224 g/mol. The van der Waals surface area contributed by atoms with Crippen molar-refractivity contribution in [3.63, 3.8) is 0 Å². The Hall–Kier alpha value is 0.0300. The fraction of sp³-hybridized carbons (Fsp3) is 1.00. The van der Waals surface area contributed by atoms with Crippen LogP contribution in [0, 0.1) is 5.92 Å². The lowest BCUT2D eigenvalue weighted by Crippen LogP contribution is -2.09. The molecule has 5 heteroatoms. The zero-order chi connectivity index (χ0) is 10.8. The molecular formula is C9H20O4S. The number of hydrogen-bond acceptors (Lipinski definition) is 4. The fourth-order valence-corrected chi connectivity index (χ4v) is 1.20. The summed E-state index contributed by atoms with van der Waals surface area (Å²) in [6.07, 6.45) is 0.889. The minimum atomic E-state index is -1.62. The minimum absolute atomic E-state index is 0.308. The molecule has 0 saturated heterocycles. The summed E-state index contributed by atoms with van der Waals surface area (Å²) in [5.41, 5.74) is 0. The Morgan fingerprint density at radius 1 is 1.14 bits per heavy atom. The normalized spacial score (nSPS) is 13.4. The molecule has 0 aromatic carbocycles. The summed E-state index contributed by atoms with van der Waals surface area (Å²) in [7, 11) is 0. The van der Waals surface area contributed by atoms with Crippen LogP contribution in [-0.2, 0) is 24.5 Å². The van der Waals surface area contributed by atoms with Crippen LogP contribution in [0.1, 0.15) is 27.2 Å². The predicted molar refractivity (Wildman–Crippen MR) is 56.0 cm³/mol. The van der Waals surface area contributed by atoms with Crippen LogP contribution in [0.5, 0.6) is 0 Å². The summed E-state index contributed by atoms with van der Waals surface area (Å²) in [5, 5.41) is 0. The Balaban J connectivity index is 3.20. The van der Waals surface area contributed by atoms with Gasteiger partial charge in [-0.1, -0.05) is 13.8 Å². The largest absolute Gasteiger partial charge is 0.379 e. The van der Waals surface area contributed by atoms with Crippen molar-refractivity contribution in [2.45, 2.75) is 27.2 Å². The van der Waals surface area contributed by atoms with Gasteiger partial charge in [0.05, 0.1) is 19.8 Å². The maximum absolute atomic E-state index is 11.0. The predicted octanol–water partition coefficient (Wildman–Crippen LogP) is 1.68. The first-order valence-corrected chi connectivity index (χ1v) is 5.92. The van der Waals surface area contributed by atoms with E-state index in [1.165, 1.54) is 0 Å². The summed E-state index contributed by atoms with van der Waals surface area (Å²) >= 11 is -1.62. The summed E-state index contributed by atoms with van der Waals surface area (Å²) in [4.78, 5) is 0. The van der Waals surface area contributed by atoms with Gasteiger partial charge in [-0.15, -0.1) is 0 Å². The molecule has 0 heterocycles. The molecule has 1 atom stereocenters. The first-order chi connectivity index (χ1) is 6.66. The van der Waals surface area contributed by atoms with Crippen LogP contribution < -0.4 is 0 Å². The Bertz CT molecular complexity index is 150. The number of hydrogen-bond donors (Lipinski definition) is 0. The molecule has 0 rings (SSSR count). The second-order valence-corrected chi connectivity index (χ2v) is 4.11. The van der Waals surface area contributed by atoms with Gasteiger partial charge in [-0.05, 0) is 19.3 Å². The van der Waals surface area contributed by atoms with Crippen LogP contribution in [0.2, 0.25) is 0 Å². The van der Waals surface area contributed by atoms with Crippen LogP contribution in [-0.4, -0.2) is 30.6 Å². The smallest absolute Gasteiger partial charge is 0.304 e. The highest BCUT2D eigenvalue weighted by atomic mass is 32.2. The minimum Gasteiger partial charge on any atom is -0.379 e. The van der Waals surface area contributed by atoms with E-state index in [-0.39, 0.29) is 0 Å². The topological polar surface area (TPSA) is 44.8 Å². The maximum atomic E-state index is 11.0. The van der Waals surface area contributed by atoms with Gasteiger partial charge in [0.1, 0.15) is 0 Å². The molecule has 0 radical (unpaired) electrons. The van der Waals surface area contributed by atoms with E-state index in [0.29, 0.717) is 32.3 Å². The quantitative estimate of drug-likeness (QED) is 0.559. The highest BCUT2D eigenvalue weighted by Gasteiger charge is 2.01. The van der Waals surface area contributed by atoms with E-state index >= 15 is 0 Å². The van der Waals surface area contributed by atoms with Crippen molar-refractivity contribution in [3.05, 3.63) is 0 Å². The monoisotopic (exact) mass is 224 g/mol. The lowest BCUT2D eigenvalue weighted by Gasteiger charge is -2.05. The summed E-state index contributed by atoms with van der Waals surface area (Å²) in [6, 6.07) is 0. The molecule has 14 heavy (non-hydrogen) atoms. The Labute approximate surface area is 88.8 Å². The third-order valence-corrected chi connectivity index (χ3v) is 2.20. The third-order valence-electron chi connectivity index (χ3n) is 1.49. The maximum Gasteiger partial charge on any atom is 0.304 e. The molecule has 0 aliphatic carbocycles. The van der Waals surface area contributed by atoms with Gasteiger partial charge in [0.2, 0.25) is 0 Å². The van der Waals surface area contributed by atoms with Gasteiger partial charge >= 0.3 is 11.4 Å². The first-order valence-electron chi connectivity index (χ1n) is 4.92. The van der Waals surface area contributed by atoms with Crippen molar-refractivity contribution >= 4 is 11.4 Å². The average Bonchev–Trinajstić information content (AvgIpc) is 2.12. The second kappa shape index (κ2) is 9.58. The SMILES string of the molecule is CCOCCOS(=O)OCCC(C)C. The lowest BCUT2D eigenvalue weighted by molar-refractivity contribution is 0.108. The summed E-state index contributed by atoms with van der Waals surface area (Å²) < 4.78 is 25.8. The van der Waals surface area contributed by atoms with Crippen molar-refractivity contribution in [1.82, 2.24) is 0 Å². The highest BCUT2D eigenvalue weighted by Crippen LogP contribution is 2.00. The fourth-order valence-electron chi connectivity index (χ4n) is 0.691. The molecular weight excluding hydrogens is 204 g/mol. The van der Waals surface area contributed by atoms with Gasteiger partial charge in [0, 0.05) is 6.61 Å². The summed E-state index contributed by atoms with van der Waals surface area (Å²) in [5.74, 6) is 0.551. The highest BCUT2D eigenvalue weighted by molar-refractivity contribution is 7.75. The van der Waals surface area contributed by atoms with Crippen LogP contribution in [0.15, 0.2) is 0 Å². The lowest BCUT2D eigenvalue weighted by atomic mass is 10.2. The van der Waals surface area contributed by atoms with E-state index in [1.807, 2.05) is 6.92 Å². The van der Waals surface area contributed by atoms with Gasteiger partial charge in [-0.3, -0.25) is 8.37 Å². The molecule has 0 aromatic heterocycles. The molecule has 86 valence electrons. The first kappa shape index (κ1) is 14.0. The molecule has 0 spiro atoms. The van der Waals surface area contributed by atoms with Gasteiger partial charge in [0.15, 0.2) is 0 Å². The van der Waals surface area contributed by atoms with E-state index in [2.05, 4.69) is 13.8 Å². The molecule has 4 nitrogen and oxygen atoms in total. The molecule has 1 unspecified atom stereocenters. The van der Waals surface area contributed by atoms with Crippen molar-refractivity contribution in [2.24, 2.45) is 5.92 Å². The van der Waals surface area contributed by atoms with Crippen LogP contribution in [0.3, 0.4) is 0 Å². The molecule has 0 bridgehead atoms. The standard InChI is InChI=1S/C9H20O4S/c1-4-11-7-8-13-14(10)12-6-5-9(2)3/h9H,4-8H2,1-3H3. The van der Waals surface area contributed by atoms with Gasteiger partial charge < -0.3 is 4.74 Å². The Morgan fingerprint density at radius 3 is 2.36 bits per heavy atom. The van der Waals surface area contributed by atoms with E-state index in [1.54, 1.807) is 0 Å². The third kappa shape index (κ3) is 10.1. The van der Waals surface area contributed by atoms with Crippen molar-refractivity contribution in [2.75, 3.05) is 26.4 Å². The molecule has 0 saturated carbocycles. The van der Waals surface area contributed by atoms with E-state index in [0.717, 1.165) is 6.42 Å². The van der Waals surface area contributed by atoms with Crippen molar-refractivity contribution in [1.29, 1.82) is 0 Å². The number of ether oxygens (including phenoxy) is 1. The van der Waals surface area contributed by atoms with Gasteiger partial charge in [0.25, 0.3) is 0 Å². The molecule has 0 aliphatic rings. The Kier molecular flexibility index (Phi) is 9.60. The zero-order valence-electron chi connectivity index (χ0n) is 9.15. The van der Waals surface area contributed by atoms with E-state index in [4.69, 9.17) is 13.1 Å². The molecule has 0 amide bonds. The molecule has 0 N–H and O–H groups in total. The van der Waals surface area contributed by atoms with Crippen LogP contribution in [0.25, 0.3) is 0 Å². The molecule has 0 aliphatic heterocycles. The van der Waals surface area contributed by atoms with Crippen molar-refractivity contribution in [3.8, 4) is 0 Å².